The molecule has 1 N–H and O–H groups in total. The van der Waals surface area contributed by atoms with E-state index in [0.29, 0.717) is 16.8 Å². The van der Waals surface area contributed by atoms with Gasteiger partial charge in [0.15, 0.2) is 0 Å². The van der Waals surface area contributed by atoms with E-state index in [1.54, 1.807) is 18.3 Å². The third kappa shape index (κ3) is 8.41. The van der Waals surface area contributed by atoms with Gasteiger partial charge < -0.3 is 14.6 Å². The van der Waals surface area contributed by atoms with E-state index in [4.69, 9.17) is 4.74 Å². The lowest BCUT2D eigenvalue weighted by molar-refractivity contribution is -0.0528. The van der Waals surface area contributed by atoms with E-state index in [0.717, 1.165) is 18.4 Å². The number of hydrogen-bond acceptors (Lipinski definition) is 5. The normalized spacial score (nSPS) is 11.9. The van der Waals surface area contributed by atoms with Crippen molar-refractivity contribution in [2.45, 2.75) is 39.7 Å². The lowest BCUT2D eigenvalue weighted by Gasteiger charge is -2.14. The Balaban J connectivity index is 0.00000281. The zero-order chi connectivity index (χ0) is 25.5. The Morgan fingerprint density at radius 2 is 2.00 bits per heavy atom. The molecule has 0 radical (unpaired) electrons. The van der Waals surface area contributed by atoms with Crippen LogP contribution in [0.3, 0.4) is 0 Å². The Labute approximate surface area is 198 Å². The van der Waals surface area contributed by atoms with Crippen LogP contribution in [0.15, 0.2) is 58.9 Å². The number of pyridine rings is 1. The molecule has 0 fully saturated rings. The fourth-order valence-electron chi connectivity index (χ4n) is 2.97. The van der Waals surface area contributed by atoms with Crippen LogP contribution in [-0.4, -0.2) is 36.6 Å². The molecule has 8 heteroatoms. The Hall–Kier alpha value is -3.57. The highest BCUT2D eigenvalue weighted by Gasteiger charge is 2.18. The molecule has 5 nitrogen and oxygen atoms in total. The van der Waals surface area contributed by atoms with Gasteiger partial charge in [0.25, 0.3) is 0 Å². The summed E-state index contributed by atoms with van der Waals surface area (Å²) in [4.78, 5) is 8.03. The summed E-state index contributed by atoms with van der Waals surface area (Å²) in [5.74, 6) is -0.613. The van der Waals surface area contributed by atoms with Crippen molar-refractivity contribution in [1.82, 2.24) is 4.98 Å². The molecule has 0 aliphatic carbocycles. The largest absolute Gasteiger partial charge is 0.496 e. The third-order valence-electron chi connectivity index (χ3n) is 4.63. The van der Waals surface area contributed by atoms with Crippen LogP contribution in [0.2, 0.25) is 0 Å². The number of unbranched alkanes of at least 4 members (excludes halogenated alkanes) is 1. The molecule has 0 aliphatic heterocycles. The summed E-state index contributed by atoms with van der Waals surface area (Å²) in [5.41, 5.74) is 2.08. The Morgan fingerprint density at radius 3 is 2.59 bits per heavy atom. The molecular weight excluding hydrogens is 445 g/mol. The first-order valence-corrected chi connectivity index (χ1v) is 10.5. The maximum Gasteiger partial charge on any atom is 0.388 e. The number of terminal acetylenes is 1. The van der Waals surface area contributed by atoms with Crippen LogP contribution in [0, 0.1) is 18.7 Å². The second-order valence-corrected chi connectivity index (χ2v) is 6.82. The van der Waals surface area contributed by atoms with Gasteiger partial charge in [-0.3, -0.25) is 4.99 Å². The summed E-state index contributed by atoms with van der Waals surface area (Å²) in [6, 6.07) is 5.95. The van der Waals surface area contributed by atoms with Gasteiger partial charge in [0.2, 0.25) is 5.88 Å². The molecule has 0 saturated carbocycles. The highest BCUT2D eigenvalue weighted by atomic mass is 19.3. The van der Waals surface area contributed by atoms with Gasteiger partial charge in [0.05, 0.1) is 25.0 Å². The number of aromatic nitrogens is 1. The fraction of sp³-hybridized carbons (Fsp3) is 0.308. The van der Waals surface area contributed by atoms with Crippen molar-refractivity contribution in [3.63, 3.8) is 0 Å². The van der Waals surface area contributed by atoms with Crippen molar-refractivity contribution >= 4 is 6.21 Å². The quantitative estimate of drug-likeness (QED) is 0.321. The van der Waals surface area contributed by atoms with Crippen LogP contribution < -0.4 is 9.47 Å². The molecule has 0 amide bonds. The number of ether oxygens (including phenoxy) is 2. The second-order valence-electron chi connectivity index (χ2n) is 6.82. The maximum atomic E-state index is 15.5. The average molecular weight is 475 g/mol. The molecule has 34 heavy (non-hydrogen) atoms. The van der Waals surface area contributed by atoms with Crippen LogP contribution in [0.5, 0.6) is 11.6 Å². The molecule has 1 heterocycles. The third-order valence-corrected chi connectivity index (χ3v) is 4.63. The van der Waals surface area contributed by atoms with E-state index in [-0.39, 0.29) is 30.2 Å². The van der Waals surface area contributed by atoms with E-state index in [1.165, 1.54) is 25.4 Å². The van der Waals surface area contributed by atoms with E-state index in [2.05, 4.69) is 27.6 Å². The Kier molecular flexibility index (Phi) is 12.8. The first-order chi connectivity index (χ1) is 16.4. The molecule has 0 spiro atoms. The van der Waals surface area contributed by atoms with Crippen LogP contribution in [0.25, 0.3) is 11.1 Å². The van der Waals surface area contributed by atoms with Crippen LogP contribution in [0.1, 0.15) is 32.3 Å². The minimum absolute atomic E-state index is 0.123. The van der Waals surface area contributed by atoms with Crippen molar-refractivity contribution in [2.75, 3.05) is 13.7 Å². The number of aliphatic imine (C=N–C) groups is 1. The SMILES string of the molecule is C#C.C\C=C(/C=N/C(=C/CCC)CO)Cc1ccc(OC)c(-c2ccnc(OC(F)F)c2)c1F. The number of rotatable bonds is 11. The molecule has 0 atom stereocenters. The molecule has 2 aromatic rings. The average Bonchev–Trinajstić information content (AvgIpc) is 2.85. The monoisotopic (exact) mass is 474 g/mol. The Bertz CT molecular complexity index is 1030. The number of methoxy groups -OCH3 is 1. The number of nitrogens with zero attached hydrogens (tertiary/aromatic N) is 2. The Morgan fingerprint density at radius 1 is 1.26 bits per heavy atom. The van der Waals surface area contributed by atoms with Gasteiger partial charge in [-0.25, -0.2) is 9.37 Å². The zero-order valence-corrected chi connectivity index (χ0v) is 19.5. The minimum Gasteiger partial charge on any atom is -0.496 e. The minimum atomic E-state index is -3.04. The molecule has 0 bridgehead atoms. The second kappa shape index (κ2) is 15.3. The maximum absolute atomic E-state index is 15.5. The van der Waals surface area contributed by atoms with Gasteiger partial charge in [0.1, 0.15) is 11.6 Å². The van der Waals surface area contributed by atoms with Crippen molar-refractivity contribution in [3.05, 3.63) is 65.3 Å². The lowest BCUT2D eigenvalue weighted by Crippen LogP contribution is -2.04. The van der Waals surface area contributed by atoms with Crippen molar-refractivity contribution in [3.8, 4) is 35.6 Å². The van der Waals surface area contributed by atoms with E-state index < -0.39 is 12.4 Å². The number of allylic oxidation sites excluding steroid dienone is 3. The summed E-state index contributed by atoms with van der Waals surface area (Å²) >= 11 is 0. The topological polar surface area (TPSA) is 63.9 Å². The van der Waals surface area contributed by atoms with Gasteiger partial charge in [-0.15, -0.1) is 12.8 Å². The van der Waals surface area contributed by atoms with Gasteiger partial charge in [-0.05, 0) is 42.2 Å². The molecule has 0 unspecified atom stereocenters. The van der Waals surface area contributed by atoms with Gasteiger partial charge in [-0.2, -0.15) is 8.78 Å². The van der Waals surface area contributed by atoms with Crippen LogP contribution in [-0.2, 0) is 6.42 Å². The first-order valence-electron chi connectivity index (χ1n) is 10.5. The first kappa shape index (κ1) is 28.5. The summed E-state index contributed by atoms with van der Waals surface area (Å²) in [7, 11) is 1.40. The summed E-state index contributed by atoms with van der Waals surface area (Å²) in [6.07, 6.45) is 16.5. The standard InChI is InChI=1S/C24H27F3N2O3.C2H2/c1-4-6-7-19(15-30)29-14-16(5-2)12-18-8-9-20(31-3)22(23(18)25)17-10-11-28-21(13-17)32-24(26)27;1-2/h5,7-11,13-14,24,30H,4,6,12,15H2,1-3H3;1-2H/b16-5-,19-7+,29-14+;. The highest BCUT2D eigenvalue weighted by Crippen LogP contribution is 2.36. The summed E-state index contributed by atoms with van der Waals surface area (Å²) < 4.78 is 50.2. The summed E-state index contributed by atoms with van der Waals surface area (Å²) in [6.45, 7) is 0.624. The van der Waals surface area contributed by atoms with Crippen molar-refractivity contribution in [2.24, 2.45) is 4.99 Å². The predicted molar refractivity (Wildman–Crippen MR) is 129 cm³/mol. The number of aliphatic hydroxyl groups excluding tert-OH is 1. The number of hydrogen-bond donors (Lipinski definition) is 1. The van der Waals surface area contributed by atoms with Crippen LogP contribution in [0.4, 0.5) is 13.2 Å². The van der Waals surface area contributed by atoms with Crippen LogP contribution >= 0.6 is 0 Å². The van der Waals surface area contributed by atoms with Crippen molar-refractivity contribution < 1.29 is 27.8 Å². The summed E-state index contributed by atoms with van der Waals surface area (Å²) in [5, 5.41) is 9.43. The van der Waals surface area contributed by atoms with Gasteiger partial charge in [0, 0.05) is 24.9 Å². The smallest absolute Gasteiger partial charge is 0.388 e. The molecule has 1 aromatic heterocycles. The van der Waals surface area contributed by atoms with Gasteiger partial charge in [-0.1, -0.05) is 31.6 Å². The molecule has 0 saturated heterocycles. The molecule has 2 rings (SSSR count). The number of aliphatic hydroxyl groups is 1. The number of halogens is 3. The fourth-order valence-corrected chi connectivity index (χ4v) is 2.97. The number of alkyl halides is 2. The van der Waals surface area contributed by atoms with E-state index >= 15 is 4.39 Å². The molecular formula is C26H29F3N2O3. The zero-order valence-electron chi connectivity index (χ0n) is 19.5. The molecule has 1 aromatic carbocycles. The van der Waals surface area contributed by atoms with Gasteiger partial charge >= 0.3 is 6.61 Å². The van der Waals surface area contributed by atoms with E-state index in [1.807, 2.05) is 26.0 Å². The number of benzene rings is 1. The predicted octanol–water partition coefficient (Wildman–Crippen LogP) is 5.98. The molecule has 182 valence electrons. The van der Waals surface area contributed by atoms with E-state index in [9.17, 15) is 13.9 Å². The molecule has 0 aliphatic rings. The highest BCUT2D eigenvalue weighted by molar-refractivity contribution is 5.80. The lowest BCUT2D eigenvalue weighted by atomic mass is 9.97. The van der Waals surface area contributed by atoms with Crippen molar-refractivity contribution in [1.29, 1.82) is 0 Å².